The second kappa shape index (κ2) is 7.13. The van der Waals surface area contributed by atoms with E-state index >= 15 is 0 Å². The largest absolute Gasteiger partial charge is 0.371 e. The molecule has 0 saturated carbocycles. The van der Waals surface area contributed by atoms with Crippen molar-refractivity contribution in [3.63, 3.8) is 0 Å². The first-order valence-electron chi connectivity index (χ1n) is 8.07. The van der Waals surface area contributed by atoms with Gasteiger partial charge in [0.2, 0.25) is 0 Å². The van der Waals surface area contributed by atoms with Crippen molar-refractivity contribution in [3.8, 4) is 6.07 Å². The van der Waals surface area contributed by atoms with Crippen LogP contribution in [-0.2, 0) is 11.4 Å². The van der Waals surface area contributed by atoms with Crippen LogP contribution in [0, 0.1) is 31.0 Å². The fraction of sp³-hybridized carbons (Fsp3) is 0.389. The molecule has 1 aromatic carbocycles. The van der Waals surface area contributed by atoms with E-state index in [0.29, 0.717) is 31.0 Å². The summed E-state index contributed by atoms with van der Waals surface area (Å²) in [4.78, 5) is 14.5. The standard InChI is InChI=1S/C18H19FN4O2/c1-12-13(2)21-23(18(24)16(12)9-20)11-22-7-8-25-17(10-22)14-3-5-15(19)6-4-14/h3-6,17H,7-8,10-11H2,1-2H3. The zero-order valence-corrected chi connectivity index (χ0v) is 14.2. The first-order chi connectivity index (χ1) is 12.0. The monoisotopic (exact) mass is 342 g/mol. The van der Waals surface area contributed by atoms with Crippen LogP contribution in [0.25, 0.3) is 0 Å². The normalized spacial score (nSPS) is 18.1. The molecule has 3 rings (SSSR count). The van der Waals surface area contributed by atoms with Crippen LogP contribution in [0.1, 0.15) is 28.5 Å². The van der Waals surface area contributed by atoms with Crippen LogP contribution in [0.4, 0.5) is 4.39 Å². The van der Waals surface area contributed by atoms with Gasteiger partial charge in [-0.15, -0.1) is 0 Å². The summed E-state index contributed by atoms with van der Waals surface area (Å²) in [5.41, 5.74) is 1.94. The lowest BCUT2D eigenvalue weighted by Crippen LogP contribution is -2.42. The Hall–Kier alpha value is -2.56. The Morgan fingerprint density at radius 3 is 2.76 bits per heavy atom. The molecule has 130 valence electrons. The minimum atomic E-state index is -0.379. The van der Waals surface area contributed by atoms with Crippen molar-refractivity contribution in [3.05, 3.63) is 62.8 Å². The van der Waals surface area contributed by atoms with Crippen LogP contribution >= 0.6 is 0 Å². The number of rotatable bonds is 3. The van der Waals surface area contributed by atoms with Crippen LogP contribution in [-0.4, -0.2) is 34.4 Å². The molecule has 1 unspecified atom stereocenters. The van der Waals surface area contributed by atoms with E-state index in [9.17, 15) is 14.4 Å². The van der Waals surface area contributed by atoms with E-state index in [1.165, 1.54) is 16.8 Å². The highest BCUT2D eigenvalue weighted by Gasteiger charge is 2.23. The summed E-state index contributed by atoms with van der Waals surface area (Å²) in [6.45, 7) is 5.52. The van der Waals surface area contributed by atoms with Crippen molar-refractivity contribution in [2.24, 2.45) is 0 Å². The number of aromatic nitrogens is 2. The first-order valence-corrected chi connectivity index (χ1v) is 8.07. The van der Waals surface area contributed by atoms with Crippen LogP contribution in [0.15, 0.2) is 29.1 Å². The summed E-state index contributed by atoms with van der Waals surface area (Å²) in [6.07, 6.45) is -0.188. The number of ether oxygens (including phenoxy) is 1. The molecule has 1 aromatic heterocycles. The SMILES string of the molecule is Cc1nn(CN2CCOC(c3ccc(F)cc3)C2)c(=O)c(C#N)c1C. The highest BCUT2D eigenvalue weighted by molar-refractivity contribution is 5.36. The smallest absolute Gasteiger partial charge is 0.286 e. The molecule has 0 bridgehead atoms. The number of morpholine rings is 1. The van der Waals surface area contributed by atoms with Gasteiger partial charge in [-0.25, -0.2) is 9.07 Å². The second-order valence-corrected chi connectivity index (χ2v) is 6.13. The Morgan fingerprint density at radius 1 is 1.36 bits per heavy atom. The number of nitrogens with zero attached hydrogens (tertiary/aromatic N) is 4. The van der Waals surface area contributed by atoms with Crippen LogP contribution in [0.2, 0.25) is 0 Å². The summed E-state index contributed by atoms with van der Waals surface area (Å²) in [5, 5.41) is 13.5. The average molecular weight is 342 g/mol. The van der Waals surface area contributed by atoms with E-state index in [2.05, 4.69) is 5.10 Å². The van der Waals surface area contributed by atoms with Crippen LogP contribution < -0.4 is 5.56 Å². The highest BCUT2D eigenvalue weighted by Crippen LogP contribution is 2.22. The van der Waals surface area contributed by atoms with Gasteiger partial charge < -0.3 is 4.74 Å². The van der Waals surface area contributed by atoms with Crippen molar-refractivity contribution < 1.29 is 9.13 Å². The van der Waals surface area contributed by atoms with Crippen molar-refractivity contribution in [1.29, 1.82) is 5.26 Å². The van der Waals surface area contributed by atoms with Gasteiger partial charge in [-0.05, 0) is 37.1 Å². The van der Waals surface area contributed by atoms with Crippen molar-refractivity contribution in [2.45, 2.75) is 26.6 Å². The molecule has 0 N–H and O–H groups in total. The number of benzene rings is 1. The predicted octanol–water partition coefficient (Wildman–Crippen LogP) is 1.90. The highest BCUT2D eigenvalue weighted by atomic mass is 19.1. The van der Waals surface area contributed by atoms with Gasteiger partial charge in [-0.2, -0.15) is 10.4 Å². The molecular formula is C18H19FN4O2. The lowest BCUT2D eigenvalue weighted by atomic mass is 10.1. The number of halogens is 1. The summed E-state index contributed by atoms with van der Waals surface area (Å²) in [6, 6.07) is 8.20. The molecule has 0 aliphatic carbocycles. The molecule has 2 heterocycles. The number of hydrogen-bond donors (Lipinski definition) is 0. The topological polar surface area (TPSA) is 71.2 Å². The van der Waals surface area contributed by atoms with Crippen molar-refractivity contribution >= 4 is 0 Å². The van der Waals surface area contributed by atoms with E-state index in [4.69, 9.17) is 4.74 Å². The van der Waals surface area contributed by atoms with Gasteiger partial charge in [0.15, 0.2) is 0 Å². The van der Waals surface area contributed by atoms with Gasteiger partial charge >= 0.3 is 0 Å². The fourth-order valence-corrected chi connectivity index (χ4v) is 2.90. The quantitative estimate of drug-likeness (QED) is 0.852. The molecule has 1 aliphatic heterocycles. The third-order valence-corrected chi connectivity index (χ3v) is 4.47. The van der Waals surface area contributed by atoms with Gasteiger partial charge in [0.25, 0.3) is 5.56 Å². The van der Waals surface area contributed by atoms with E-state index in [1.807, 2.05) is 11.0 Å². The van der Waals surface area contributed by atoms with E-state index < -0.39 is 0 Å². The molecule has 1 fully saturated rings. The van der Waals surface area contributed by atoms with E-state index in [-0.39, 0.29) is 29.7 Å². The molecule has 6 nitrogen and oxygen atoms in total. The third-order valence-electron chi connectivity index (χ3n) is 4.47. The molecule has 1 atom stereocenters. The molecular weight excluding hydrogens is 323 g/mol. The molecule has 0 amide bonds. The lowest BCUT2D eigenvalue weighted by molar-refractivity contribution is -0.0423. The van der Waals surface area contributed by atoms with Gasteiger partial charge in [-0.3, -0.25) is 9.69 Å². The fourth-order valence-electron chi connectivity index (χ4n) is 2.90. The molecule has 1 saturated heterocycles. The van der Waals surface area contributed by atoms with E-state index in [1.54, 1.807) is 26.0 Å². The first kappa shape index (κ1) is 17.3. The maximum absolute atomic E-state index is 13.1. The van der Waals surface area contributed by atoms with Crippen LogP contribution in [0.3, 0.4) is 0 Å². The number of hydrogen-bond acceptors (Lipinski definition) is 5. The summed E-state index contributed by atoms with van der Waals surface area (Å²) in [5.74, 6) is -0.286. The van der Waals surface area contributed by atoms with Crippen LogP contribution in [0.5, 0.6) is 0 Å². The summed E-state index contributed by atoms with van der Waals surface area (Å²) < 4.78 is 20.2. The Labute approximate surface area is 145 Å². The average Bonchev–Trinajstić information content (AvgIpc) is 2.61. The minimum absolute atomic E-state index is 0.135. The summed E-state index contributed by atoms with van der Waals surface area (Å²) in [7, 11) is 0. The molecule has 7 heteroatoms. The molecule has 0 spiro atoms. The molecule has 2 aromatic rings. The lowest BCUT2D eigenvalue weighted by Gasteiger charge is -2.33. The van der Waals surface area contributed by atoms with Gasteiger partial charge in [0, 0.05) is 13.1 Å². The maximum Gasteiger partial charge on any atom is 0.286 e. The molecule has 25 heavy (non-hydrogen) atoms. The Bertz CT molecular complexity index is 870. The predicted molar refractivity (Wildman–Crippen MR) is 89.4 cm³/mol. The zero-order valence-electron chi connectivity index (χ0n) is 14.2. The van der Waals surface area contributed by atoms with Gasteiger partial charge in [-0.1, -0.05) is 12.1 Å². The number of aryl methyl sites for hydroxylation is 1. The molecule has 0 radical (unpaired) electrons. The van der Waals surface area contributed by atoms with Gasteiger partial charge in [0.05, 0.1) is 25.1 Å². The summed E-state index contributed by atoms with van der Waals surface area (Å²) >= 11 is 0. The maximum atomic E-state index is 13.1. The van der Waals surface area contributed by atoms with E-state index in [0.717, 1.165) is 5.56 Å². The van der Waals surface area contributed by atoms with Crippen molar-refractivity contribution in [2.75, 3.05) is 19.7 Å². The van der Waals surface area contributed by atoms with Crippen molar-refractivity contribution in [1.82, 2.24) is 14.7 Å². The molecule has 1 aliphatic rings. The minimum Gasteiger partial charge on any atom is -0.371 e. The third kappa shape index (κ3) is 3.60. The Morgan fingerprint density at radius 2 is 2.08 bits per heavy atom. The zero-order chi connectivity index (χ0) is 18.0. The Kier molecular flexibility index (Phi) is 4.93. The Balaban J connectivity index is 1.80. The van der Waals surface area contributed by atoms with Gasteiger partial charge in [0.1, 0.15) is 17.4 Å². The number of nitriles is 1. The second-order valence-electron chi connectivity index (χ2n) is 6.13.